The zero-order valence-electron chi connectivity index (χ0n) is 39.5. The number of carboxylic acids is 1. The van der Waals surface area contributed by atoms with Gasteiger partial charge in [-0.2, -0.15) is 0 Å². The number of ketones is 1. The van der Waals surface area contributed by atoms with Crippen molar-refractivity contribution < 1.29 is 62.2 Å². The van der Waals surface area contributed by atoms with Crippen LogP contribution in [0.3, 0.4) is 0 Å². The van der Waals surface area contributed by atoms with Gasteiger partial charge in [0.05, 0.1) is 36.0 Å². The molecule has 4 unspecified atom stereocenters. The molecule has 2 aliphatic heterocycles. The summed E-state index contributed by atoms with van der Waals surface area (Å²) < 4.78 is 22.8. The van der Waals surface area contributed by atoms with Gasteiger partial charge < -0.3 is 15.0 Å². The second-order valence-electron chi connectivity index (χ2n) is 17.6. The number of ether oxygens (including phenoxy) is 1. The predicted octanol–water partition coefficient (Wildman–Crippen LogP) is -2.19. The molecule has 0 saturated carbocycles. The van der Waals surface area contributed by atoms with Gasteiger partial charge in [0.2, 0.25) is 0 Å². The SMILES string of the molecule is CCC1C(=O)CCc2c1cc1n(c2=O)Cc2c-1nc1cc(F)c(C)c3c1c2C(N(C)C(=O)COCNC(=O)CNC(=O)C([CH2][Pb])NC(=O)CNC(=O)CNC(=O)C(CNCC(=O)O)N1C(=O)C=CC1=O)CC3. The first-order valence-corrected chi connectivity index (χ1v) is 25.9. The second kappa shape index (κ2) is 22.7. The number of amides is 8. The van der Waals surface area contributed by atoms with Crippen molar-refractivity contribution in [2.24, 2.45) is 0 Å². The molecule has 72 heavy (non-hydrogen) atoms. The number of carboxylic acid groups (broad SMARTS) is 1. The monoisotopic (exact) mass is 1190 g/mol. The van der Waals surface area contributed by atoms with E-state index in [1.54, 1.807) is 18.5 Å². The molecule has 2 aliphatic carbocycles. The van der Waals surface area contributed by atoms with Gasteiger partial charge in [0.15, 0.2) is 0 Å². The molecule has 0 bridgehead atoms. The number of benzene rings is 1. The molecule has 379 valence electrons. The molecule has 7 rings (SSSR count). The molecule has 3 aromatic rings. The Hall–Kier alpha value is -6.81. The molecule has 4 atom stereocenters. The quantitative estimate of drug-likeness (QED) is 0.0202. The number of aromatic nitrogens is 2. The number of likely N-dealkylation sites (N-methyl/N-ethyl adjacent to an activating group) is 1. The van der Waals surface area contributed by atoms with E-state index in [9.17, 15) is 52.7 Å². The van der Waals surface area contributed by atoms with Crippen LogP contribution in [0.4, 0.5) is 4.39 Å². The molecule has 23 nitrogen and oxygen atoms in total. The number of imide groups is 1. The van der Waals surface area contributed by atoms with Crippen LogP contribution < -0.4 is 37.5 Å². The van der Waals surface area contributed by atoms with E-state index in [0.29, 0.717) is 96.4 Å². The minimum Gasteiger partial charge on any atom is -0.480 e. The van der Waals surface area contributed by atoms with Crippen molar-refractivity contribution in [1.82, 2.24) is 51.3 Å². The Balaban J connectivity index is 0.880. The van der Waals surface area contributed by atoms with Gasteiger partial charge in [-0.25, -0.2) is 9.37 Å². The number of Topliss-reactive ketones (excluding diaryl/α,β-unsaturated/α-hetero) is 1. The number of aliphatic carboxylic acids is 1. The summed E-state index contributed by atoms with van der Waals surface area (Å²) in [5, 5.41) is 23.9. The normalized spacial score (nSPS) is 17.1. The summed E-state index contributed by atoms with van der Waals surface area (Å²) >= 11 is 0.454. The molecule has 8 amide bonds. The number of carbonyl (C=O) groups excluding carboxylic acids is 9. The van der Waals surface area contributed by atoms with Crippen molar-refractivity contribution in [1.29, 1.82) is 0 Å². The topological polar surface area (TPSA) is 314 Å². The van der Waals surface area contributed by atoms with Gasteiger partial charge in [-0.15, -0.1) is 0 Å². The van der Waals surface area contributed by atoms with Gasteiger partial charge in [0, 0.05) is 54.1 Å². The average molecular weight is 1190 g/mol. The number of nitrogens with zero attached hydrogens (tertiary/aromatic N) is 4. The first-order valence-electron chi connectivity index (χ1n) is 23.1. The Morgan fingerprint density at radius 1 is 0.889 bits per heavy atom. The number of fused-ring (bicyclic) bond motifs is 5. The van der Waals surface area contributed by atoms with Gasteiger partial charge >= 0.3 is 193 Å². The molecule has 7 N–H and O–H groups in total. The van der Waals surface area contributed by atoms with Crippen LogP contribution in [-0.2, 0) is 72.1 Å². The summed E-state index contributed by atoms with van der Waals surface area (Å²) in [6, 6.07) is 0.212. The Morgan fingerprint density at radius 3 is 2.25 bits per heavy atom. The van der Waals surface area contributed by atoms with Crippen molar-refractivity contribution in [3.63, 3.8) is 0 Å². The summed E-state index contributed by atoms with van der Waals surface area (Å²) in [6.07, 6.45) is 3.96. The molecule has 0 saturated heterocycles. The van der Waals surface area contributed by atoms with Crippen LogP contribution in [0, 0.1) is 12.7 Å². The molecule has 4 heterocycles. The van der Waals surface area contributed by atoms with Crippen molar-refractivity contribution in [3.8, 4) is 11.4 Å². The third-order valence-corrected chi connectivity index (χ3v) is 14.8. The maximum atomic E-state index is 15.4. The summed E-state index contributed by atoms with van der Waals surface area (Å²) in [7, 11) is 1.63. The van der Waals surface area contributed by atoms with Crippen molar-refractivity contribution in [2.75, 3.05) is 53.1 Å². The number of hydrogen-bond donors (Lipinski definition) is 7. The van der Waals surface area contributed by atoms with Gasteiger partial charge in [0.1, 0.15) is 11.6 Å². The van der Waals surface area contributed by atoms with E-state index in [4.69, 9.17) is 14.8 Å². The number of aryl methyl sites for hydroxylation is 1. The third-order valence-electron chi connectivity index (χ3n) is 13.2. The number of halogens is 1. The van der Waals surface area contributed by atoms with Gasteiger partial charge in [-0.1, -0.05) is 6.92 Å². The number of rotatable bonds is 21. The van der Waals surface area contributed by atoms with E-state index in [2.05, 4.69) is 31.9 Å². The number of nitrogens with one attached hydrogen (secondary N) is 6. The first kappa shape index (κ1) is 53.0. The molecule has 1 aromatic carbocycles. The smallest absolute Gasteiger partial charge is 0.480 e. The number of pyridine rings is 2. The van der Waals surface area contributed by atoms with E-state index < -0.39 is 129 Å². The molecule has 2 aromatic heterocycles. The first-order chi connectivity index (χ1) is 34.3. The van der Waals surface area contributed by atoms with Crippen LogP contribution >= 0.6 is 0 Å². The second-order valence-corrected chi connectivity index (χ2v) is 19.2. The standard InChI is InChI=1S/C47H52FN10O13.Pb/c1-5-24-27-12-32-44-28(19-57(32)47(70)26(27)7-9-34(24)59)43-31(8-6-25-22(2)29(48)13-30(55-44)42(25)43)56(4)40(65)20-71-21-53-36(61)16-51-45(68)23(3)54-37(62)17-50-35(60)15-52-46(69)33(14-49-18-41(66)67)58-38(63)10-11-39(58)64;/h10-13,23-24,31,33,49H,3,5-9,14-21H2,1-2,4H3,(H,50,60)(H,51,68)(H,52,69)(H,53,61)(H,54,62)(H,66,67);. The van der Waals surface area contributed by atoms with Crippen LogP contribution in [0.2, 0.25) is 3.98 Å². The van der Waals surface area contributed by atoms with Crippen LogP contribution in [0.1, 0.15) is 71.5 Å². The minimum absolute atomic E-state index is 0.0849. The van der Waals surface area contributed by atoms with Gasteiger partial charge in [0.25, 0.3) is 17.4 Å². The van der Waals surface area contributed by atoms with Crippen LogP contribution in [0.5, 0.6) is 0 Å². The summed E-state index contributed by atoms with van der Waals surface area (Å²) in [6.45, 7) is 0.194. The number of carbonyl (C=O) groups is 10. The fraction of sp³-hybridized carbons (Fsp3) is 0.447. The third kappa shape index (κ3) is 11.1. The summed E-state index contributed by atoms with van der Waals surface area (Å²) in [5.41, 5.74) is 5.38. The number of hydrogen-bond acceptors (Lipinski definition) is 14. The molecular formula is C47H52FN10O13Pb. The maximum absolute atomic E-state index is 15.4. The molecule has 4 aliphatic rings. The van der Waals surface area contributed by atoms with Crippen molar-refractivity contribution in [3.05, 3.63) is 73.8 Å². The van der Waals surface area contributed by atoms with Gasteiger partial charge in [-0.05, 0) is 60.9 Å². The fourth-order valence-corrected chi connectivity index (χ4v) is 10.7. The zero-order valence-corrected chi connectivity index (χ0v) is 43.4. The van der Waals surface area contributed by atoms with E-state index in [1.165, 1.54) is 11.0 Å². The molecule has 3 radical (unpaired) electrons. The van der Waals surface area contributed by atoms with E-state index in [-0.39, 0.29) is 21.9 Å². The van der Waals surface area contributed by atoms with E-state index in [1.807, 2.05) is 13.0 Å². The average Bonchev–Trinajstić information content (AvgIpc) is 3.89. The molecule has 0 spiro atoms. The molecule has 25 heteroatoms. The van der Waals surface area contributed by atoms with Crippen LogP contribution in [0.25, 0.3) is 22.3 Å². The summed E-state index contributed by atoms with van der Waals surface area (Å²) in [5.74, 6) is -7.94. The van der Waals surface area contributed by atoms with Crippen LogP contribution in [0.15, 0.2) is 29.1 Å². The summed E-state index contributed by atoms with van der Waals surface area (Å²) in [4.78, 5) is 146. The fourth-order valence-electron chi connectivity index (χ4n) is 9.55. The Morgan fingerprint density at radius 2 is 1.57 bits per heavy atom. The van der Waals surface area contributed by atoms with Crippen molar-refractivity contribution >= 4 is 95.7 Å². The predicted molar refractivity (Wildman–Crippen MR) is 251 cm³/mol. The van der Waals surface area contributed by atoms with Gasteiger partial charge in [-0.3, -0.25) is 24.0 Å². The Kier molecular flexibility index (Phi) is 16.7. The van der Waals surface area contributed by atoms with E-state index in [0.717, 1.165) is 34.2 Å². The minimum atomic E-state index is -1.48. The Labute approximate surface area is 426 Å². The van der Waals surface area contributed by atoms with E-state index >= 15 is 4.39 Å². The molecular weight excluding hydrogens is 1140 g/mol. The Bertz CT molecular complexity index is 2890. The zero-order chi connectivity index (χ0) is 52.1. The molecule has 0 fully saturated rings. The van der Waals surface area contributed by atoms with Crippen molar-refractivity contribution in [2.45, 2.75) is 80.5 Å². The van der Waals surface area contributed by atoms with Crippen LogP contribution in [-0.4, -0.2) is 174 Å².